The van der Waals surface area contributed by atoms with Gasteiger partial charge < -0.3 is 9.05 Å². The van der Waals surface area contributed by atoms with Crippen LogP contribution in [-0.2, 0) is 23.4 Å². The minimum absolute atomic E-state index is 0.179. The van der Waals surface area contributed by atoms with Crippen molar-refractivity contribution in [2.24, 2.45) is 0 Å². The highest BCUT2D eigenvalue weighted by Gasteiger charge is 2.67. The summed E-state index contributed by atoms with van der Waals surface area (Å²) in [4.78, 5) is 12.9. The van der Waals surface area contributed by atoms with E-state index in [1.165, 1.54) is 50.2 Å². The van der Waals surface area contributed by atoms with Gasteiger partial charge in [-0.15, -0.1) is 0 Å². The molecule has 0 saturated carbocycles. The van der Waals surface area contributed by atoms with Crippen LogP contribution in [0.2, 0.25) is 0 Å². The van der Waals surface area contributed by atoms with Gasteiger partial charge in [-0.3, -0.25) is 9.36 Å². The Bertz CT molecular complexity index is 1260. The molecule has 0 saturated heterocycles. The highest BCUT2D eigenvalue weighted by atomic mass is 32.2. The van der Waals surface area contributed by atoms with E-state index in [-0.39, 0.29) is 24.3 Å². The number of Topliss-reactive ketones (excluding diaryl/α,β-unsaturated/α-hetero) is 1. The Balaban J connectivity index is 2.31. The number of carbonyl (C=O) groups is 1. The Hall–Kier alpha value is -2.64. The van der Waals surface area contributed by atoms with Gasteiger partial charge in [0.25, 0.3) is 0 Å². The van der Waals surface area contributed by atoms with Crippen LogP contribution >= 0.6 is 7.60 Å². The molecule has 3 aromatic rings. The number of rotatable bonds is 12. The first-order valence-corrected chi connectivity index (χ1v) is 14.2. The first kappa shape index (κ1) is 27.0. The van der Waals surface area contributed by atoms with E-state index >= 15 is 4.39 Å². The van der Waals surface area contributed by atoms with Crippen LogP contribution in [0.15, 0.2) is 95.9 Å². The largest absolute Gasteiger partial charge is 0.384 e. The molecule has 186 valence electrons. The second-order valence-electron chi connectivity index (χ2n) is 7.72. The van der Waals surface area contributed by atoms with Crippen molar-refractivity contribution < 1.29 is 31.2 Å². The third-order valence-corrected chi connectivity index (χ3v) is 11.1. The van der Waals surface area contributed by atoms with Crippen molar-refractivity contribution >= 4 is 23.2 Å². The van der Waals surface area contributed by atoms with Crippen LogP contribution < -0.4 is 0 Å². The molecule has 2 atom stereocenters. The lowest BCUT2D eigenvalue weighted by Gasteiger charge is -2.37. The average Bonchev–Trinajstić information content (AvgIpc) is 2.88. The van der Waals surface area contributed by atoms with Crippen LogP contribution in [0.4, 0.5) is 4.39 Å². The lowest BCUT2D eigenvalue weighted by molar-refractivity contribution is 0.0949. The molecule has 0 heterocycles. The number of sulfone groups is 1. The summed E-state index contributed by atoms with van der Waals surface area (Å²) in [5.74, 6) is -2.20. The summed E-state index contributed by atoms with van der Waals surface area (Å²) in [6.07, 6.45) is -0.583. The standard InChI is InChI=1S/C26H28FO6PS/c1-3-32-34(29,33-4-2)26(27,35(30,31)23-18-12-7-13-19-23)24(21-14-8-5-9-15-21)20-25(28)22-16-10-6-11-17-22/h5-19,24H,3-4,20H2,1-2H3. The van der Waals surface area contributed by atoms with E-state index < -0.39 is 45.2 Å². The molecule has 0 N–H and O–H groups in total. The Morgan fingerprint density at radius 2 is 1.31 bits per heavy atom. The van der Waals surface area contributed by atoms with Crippen LogP contribution in [0.5, 0.6) is 0 Å². The van der Waals surface area contributed by atoms with Gasteiger partial charge >= 0.3 is 12.3 Å². The van der Waals surface area contributed by atoms with Crippen LogP contribution in [0, 0.1) is 0 Å². The number of hydrogen-bond donors (Lipinski definition) is 0. The zero-order valence-corrected chi connectivity index (χ0v) is 21.3. The minimum atomic E-state index is -5.01. The highest BCUT2D eigenvalue weighted by Crippen LogP contribution is 2.69. The van der Waals surface area contributed by atoms with E-state index in [1.807, 2.05) is 0 Å². The van der Waals surface area contributed by atoms with Crippen LogP contribution in [-0.4, -0.2) is 32.2 Å². The summed E-state index contributed by atoms with van der Waals surface area (Å²) in [5, 5.41) is 0. The molecule has 0 aliphatic carbocycles. The van der Waals surface area contributed by atoms with E-state index in [0.717, 1.165) is 0 Å². The molecule has 0 aliphatic heterocycles. The fraction of sp³-hybridized carbons (Fsp3) is 0.269. The Labute approximate surface area is 205 Å². The summed E-state index contributed by atoms with van der Waals surface area (Å²) < 4.78 is 66.7. The molecule has 0 fully saturated rings. The number of benzene rings is 3. The molecular weight excluding hydrogens is 490 g/mol. The molecule has 3 aromatic carbocycles. The fourth-order valence-electron chi connectivity index (χ4n) is 3.91. The molecule has 35 heavy (non-hydrogen) atoms. The van der Waals surface area contributed by atoms with Gasteiger partial charge in [0.2, 0.25) is 9.84 Å². The van der Waals surface area contributed by atoms with Crippen molar-refractivity contribution in [2.75, 3.05) is 13.2 Å². The molecule has 9 heteroatoms. The highest BCUT2D eigenvalue weighted by molar-refractivity contribution is 7.99. The molecule has 0 aromatic heterocycles. The number of halogens is 1. The molecule has 6 nitrogen and oxygen atoms in total. The Kier molecular flexibility index (Phi) is 8.78. The number of carbonyl (C=O) groups excluding carboxylic acids is 1. The Morgan fingerprint density at radius 1 is 0.857 bits per heavy atom. The van der Waals surface area contributed by atoms with Crippen molar-refractivity contribution in [3.05, 3.63) is 102 Å². The summed E-state index contributed by atoms with van der Waals surface area (Å²) >= 11 is 0. The Morgan fingerprint density at radius 3 is 1.80 bits per heavy atom. The van der Waals surface area contributed by atoms with Crippen molar-refractivity contribution in [2.45, 2.75) is 35.8 Å². The lowest BCUT2D eigenvalue weighted by atomic mass is 9.92. The number of hydrogen-bond acceptors (Lipinski definition) is 6. The van der Waals surface area contributed by atoms with Gasteiger partial charge in [-0.2, -0.15) is 0 Å². The molecule has 0 radical (unpaired) electrons. The summed E-state index contributed by atoms with van der Waals surface area (Å²) in [6, 6.07) is 22.9. The van der Waals surface area contributed by atoms with E-state index in [9.17, 15) is 17.8 Å². The monoisotopic (exact) mass is 518 g/mol. The van der Waals surface area contributed by atoms with E-state index in [4.69, 9.17) is 9.05 Å². The van der Waals surface area contributed by atoms with Crippen molar-refractivity contribution in [1.82, 2.24) is 0 Å². The predicted octanol–water partition coefficient (Wildman–Crippen LogP) is 6.41. The van der Waals surface area contributed by atoms with Crippen molar-refractivity contribution in [3.8, 4) is 0 Å². The maximum atomic E-state index is 17.7. The first-order valence-electron chi connectivity index (χ1n) is 11.2. The summed E-state index contributed by atoms with van der Waals surface area (Å²) in [6.45, 7) is 2.41. The van der Waals surface area contributed by atoms with Gasteiger partial charge in [0, 0.05) is 12.0 Å². The smallest absolute Gasteiger partial charge is 0.306 e. The van der Waals surface area contributed by atoms with E-state index in [0.29, 0.717) is 0 Å². The molecule has 0 amide bonds. The molecule has 0 bridgehead atoms. The average molecular weight is 519 g/mol. The molecule has 3 rings (SSSR count). The number of ketones is 1. The maximum Gasteiger partial charge on any atom is 0.384 e. The van der Waals surface area contributed by atoms with Crippen LogP contribution in [0.25, 0.3) is 0 Å². The first-order chi connectivity index (χ1) is 16.7. The molecule has 0 aliphatic rings. The van der Waals surface area contributed by atoms with Gasteiger partial charge in [-0.1, -0.05) is 78.9 Å². The summed E-state index contributed by atoms with van der Waals surface area (Å²) in [5.41, 5.74) is 0.453. The van der Waals surface area contributed by atoms with Gasteiger partial charge in [-0.25, -0.2) is 12.8 Å². The summed E-state index contributed by atoms with van der Waals surface area (Å²) in [7, 11) is -10.0. The van der Waals surface area contributed by atoms with Crippen molar-refractivity contribution in [1.29, 1.82) is 0 Å². The van der Waals surface area contributed by atoms with Crippen LogP contribution in [0.1, 0.15) is 42.1 Å². The molecular formula is C26H28FO6PS. The zero-order valence-electron chi connectivity index (χ0n) is 19.5. The predicted molar refractivity (Wildman–Crippen MR) is 133 cm³/mol. The quantitative estimate of drug-likeness (QED) is 0.204. The maximum absolute atomic E-state index is 17.7. The molecule has 0 spiro atoms. The van der Waals surface area contributed by atoms with E-state index in [2.05, 4.69) is 0 Å². The third kappa shape index (κ3) is 5.31. The van der Waals surface area contributed by atoms with Gasteiger partial charge in [0.1, 0.15) is 0 Å². The topological polar surface area (TPSA) is 86.7 Å². The minimum Gasteiger partial charge on any atom is -0.306 e. The second-order valence-corrected chi connectivity index (χ2v) is 12.3. The van der Waals surface area contributed by atoms with Crippen LogP contribution in [0.3, 0.4) is 0 Å². The van der Waals surface area contributed by atoms with E-state index in [1.54, 1.807) is 54.6 Å². The number of alkyl halides is 1. The fourth-order valence-corrected chi connectivity index (χ4v) is 8.88. The normalized spacial score (nSPS) is 14.7. The lowest BCUT2D eigenvalue weighted by Crippen LogP contribution is -2.42. The zero-order chi connectivity index (χ0) is 25.5. The SMILES string of the molecule is CCOP(=O)(OCC)C(F)(C(CC(=O)c1ccccc1)c1ccccc1)S(=O)(=O)c1ccccc1. The molecule has 2 unspecified atom stereocenters. The second kappa shape index (κ2) is 11.4. The van der Waals surface area contributed by atoms with Gasteiger partial charge in [-0.05, 0) is 31.5 Å². The third-order valence-electron chi connectivity index (χ3n) is 5.52. The van der Waals surface area contributed by atoms with Gasteiger partial charge in [0.15, 0.2) is 5.78 Å². The van der Waals surface area contributed by atoms with Gasteiger partial charge in [0.05, 0.1) is 24.0 Å². The van der Waals surface area contributed by atoms with Crippen molar-refractivity contribution in [3.63, 3.8) is 0 Å².